The number of hydrogen-bond donors (Lipinski definition) is 2. The average molecular weight is 431 g/mol. The third kappa shape index (κ3) is 4.68. The van der Waals surface area contributed by atoms with Crippen molar-refractivity contribution >= 4 is 39.9 Å². The van der Waals surface area contributed by atoms with Crippen LogP contribution >= 0.6 is 12.0 Å². The molecule has 0 bridgehead atoms. The lowest BCUT2D eigenvalue weighted by molar-refractivity contribution is 0.242. The van der Waals surface area contributed by atoms with E-state index in [9.17, 15) is 4.55 Å². The largest absolute Gasteiger partial charge is 0.491 e. The summed E-state index contributed by atoms with van der Waals surface area (Å²) in [6.45, 7) is 4.00. The van der Waals surface area contributed by atoms with Crippen molar-refractivity contribution in [2.75, 3.05) is 5.73 Å². The zero-order valence-corrected chi connectivity index (χ0v) is 18.0. The van der Waals surface area contributed by atoms with Gasteiger partial charge in [0.25, 0.3) is 0 Å². The molecule has 4 rings (SSSR count). The van der Waals surface area contributed by atoms with E-state index in [1.165, 1.54) is 0 Å². The number of azo groups is 1. The highest BCUT2D eigenvalue weighted by Crippen LogP contribution is 2.38. The summed E-state index contributed by atoms with van der Waals surface area (Å²) in [5, 5.41) is 10.3. The number of aromatic nitrogens is 1. The highest BCUT2D eigenvalue weighted by atomic mass is 32.2. The van der Waals surface area contributed by atoms with Crippen molar-refractivity contribution < 1.29 is 9.29 Å². The minimum Gasteiger partial charge on any atom is -0.491 e. The van der Waals surface area contributed by atoms with Gasteiger partial charge in [0, 0.05) is 27.9 Å². The number of nitrogens with zero attached hydrogens (tertiary/aromatic N) is 3. The molecule has 0 aliphatic carbocycles. The molecule has 3 N–H and O–H groups in total. The number of fused-ring (bicyclic) bond motifs is 1. The number of benzene rings is 3. The van der Waals surface area contributed by atoms with E-state index < -0.39 is 0 Å². The smallest absolute Gasteiger partial charge is 0.119 e. The van der Waals surface area contributed by atoms with Crippen molar-refractivity contribution in [1.29, 1.82) is 0 Å². The molecule has 0 unspecified atom stereocenters. The van der Waals surface area contributed by atoms with Gasteiger partial charge in [-0.25, -0.2) is 0 Å². The zero-order chi connectivity index (χ0) is 21.8. The van der Waals surface area contributed by atoms with Crippen LogP contribution in [-0.2, 0) is 0 Å². The minimum absolute atomic E-state index is 0.136. The van der Waals surface area contributed by atoms with E-state index in [-0.39, 0.29) is 6.10 Å². The summed E-state index contributed by atoms with van der Waals surface area (Å²) in [7, 11) is 0. The quantitative estimate of drug-likeness (QED) is 0.191. The predicted octanol–water partition coefficient (Wildman–Crippen LogP) is 7.25. The van der Waals surface area contributed by atoms with Gasteiger partial charge >= 0.3 is 0 Å². The highest BCUT2D eigenvalue weighted by Gasteiger charge is 2.10. The van der Waals surface area contributed by atoms with E-state index in [1.54, 1.807) is 12.3 Å². The number of ether oxygens (including phenoxy) is 1. The lowest BCUT2D eigenvalue weighted by Gasteiger charge is -2.10. The molecule has 3 aromatic carbocycles. The van der Waals surface area contributed by atoms with Gasteiger partial charge < -0.3 is 15.0 Å². The second-order valence-electron chi connectivity index (χ2n) is 7.24. The molecule has 0 atom stereocenters. The van der Waals surface area contributed by atoms with Crippen LogP contribution in [0.1, 0.15) is 13.8 Å². The monoisotopic (exact) mass is 430 g/mol. The molecule has 0 spiro atoms. The first-order valence-electron chi connectivity index (χ1n) is 9.82. The van der Waals surface area contributed by atoms with Gasteiger partial charge in [-0.05, 0) is 61.7 Å². The lowest BCUT2D eigenvalue weighted by atomic mass is 10.1. The molecule has 0 fully saturated rings. The first-order valence-corrected chi connectivity index (χ1v) is 10.6. The summed E-state index contributed by atoms with van der Waals surface area (Å²) in [6, 6.07) is 20.9. The van der Waals surface area contributed by atoms with Gasteiger partial charge in [0.1, 0.15) is 17.1 Å². The van der Waals surface area contributed by atoms with Crippen LogP contribution in [-0.4, -0.2) is 15.6 Å². The van der Waals surface area contributed by atoms with Crippen LogP contribution < -0.4 is 10.5 Å². The molecule has 31 heavy (non-hydrogen) atoms. The Morgan fingerprint density at radius 3 is 2.35 bits per heavy atom. The molecule has 0 amide bonds. The van der Waals surface area contributed by atoms with Gasteiger partial charge in [0.2, 0.25) is 0 Å². The maximum absolute atomic E-state index is 9.62. The Morgan fingerprint density at radius 1 is 0.968 bits per heavy atom. The molecule has 7 heteroatoms. The van der Waals surface area contributed by atoms with Gasteiger partial charge in [-0.3, -0.25) is 4.98 Å². The Hall–Kier alpha value is -3.42. The van der Waals surface area contributed by atoms with E-state index >= 15 is 0 Å². The fraction of sp³-hybridized carbons (Fsp3) is 0.125. The summed E-state index contributed by atoms with van der Waals surface area (Å²) >= 11 is 0.668. The SMILES string of the molecule is CC(C)Oc1ccc(-c2ccc(/N=N/c3cc(SO)c4ccccc4c3N)cn2)cc1. The molecular weight excluding hydrogens is 408 g/mol. The summed E-state index contributed by atoms with van der Waals surface area (Å²) in [5.41, 5.74) is 9.72. The van der Waals surface area contributed by atoms with E-state index in [4.69, 9.17) is 10.5 Å². The fourth-order valence-electron chi connectivity index (χ4n) is 3.21. The molecule has 4 aromatic rings. The Bertz CT molecular complexity index is 1220. The van der Waals surface area contributed by atoms with E-state index in [1.807, 2.05) is 74.5 Å². The van der Waals surface area contributed by atoms with E-state index in [2.05, 4.69) is 15.2 Å². The second-order valence-corrected chi connectivity index (χ2v) is 7.86. The van der Waals surface area contributed by atoms with Crippen LogP contribution in [0.2, 0.25) is 0 Å². The number of pyridine rings is 1. The van der Waals surface area contributed by atoms with Crippen LogP contribution in [0.15, 0.2) is 88.1 Å². The Morgan fingerprint density at radius 2 is 1.71 bits per heavy atom. The van der Waals surface area contributed by atoms with Crippen molar-refractivity contribution in [2.45, 2.75) is 24.8 Å². The normalized spacial score (nSPS) is 11.5. The van der Waals surface area contributed by atoms with Gasteiger partial charge in [-0.1, -0.05) is 24.3 Å². The maximum Gasteiger partial charge on any atom is 0.119 e. The molecule has 0 radical (unpaired) electrons. The van der Waals surface area contributed by atoms with Crippen molar-refractivity contribution in [3.05, 3.63) is 72.9 Å². The first-order chi connectivity index (χ1) is 15.0. The molecule has 0 saturated carbocycles. The first kappa shape index (κ1) is 20.8. The minimum atomic E-state index is 0.136. The van der Waals surface area contributed by atoms with Crippen LogP contribution in [0.3, 0.4) is 0 Å². The Balaban J connectivity index is 1.56. The number of hydrogen-bond acceptors (Lipinski definition) is 7. The number of nitrogen functional groups attached to an aromatic ring is 1. The van der Waals surface area contributed by atoms with Gasteiger partial charge in [-0.2, -0.15) is 0 Å². The Labute approximate surface area is 185 Å². The molecule has 1 aromatic heterocycles. The number of rotatable bonds is 6. The summed E-state index contributed by atoms with van der Waals surface area (Å²) in [6.07, 6.45) is 1.80. The number of anilines is 1. The maximum atomic E-state index is 9.62. The molecule has 156 valence electrons. The van der Waals surface area contributed by atoms with Gasteiger partial charge in [-0.15, -0.1) is 10.2 Å². The van der Waals surface area contributed by atoms with Crippen molar-refractivity contribution in [1.82, 2.24) is 4.98 Å². The summed E-state index contributed by atoms with van der Waals surface area (Å²) < 4.78 is 15.3. The molecule has 6 nitrogen and oxygen atoms in total. The predicted molar refractivity (Wildman–Crippen MR) is 126 cm³/mol. The molecule has 1 heterocycles. The van der Waals surface area contributed by atoms with E-state index in [0.29, 0.717) is 34.0 Å². The lowest BCUT2D eigenvalue weighted by Crippen LogP contribution is -2.05. The second kappa shape index (κ2) is 9.16. The Kier molecular flexibility index (Phi) is 6.16. The van der Waals surface area contributed by atoms with Crippen molar-refractivity contribution in [2.24, 2.45) is 10.2 Å². The van der Waals surface area contributed by atoms with Crippen LogP contribution in [0.25, 0.3) is 22.0 Å². The van der Waals surface area contributed by atoms with Crippen LogP contribution in [0.5, 0.6) is 5.75 Å². The fourth-order valence-corrected chi connectivity index (χ4v) is 3.65. The number of nitrogens with two attached hydrogens (primary N) is 1. The summed E-state index contributed by atoms with van der Waals surface area (Å²) in [4.78, 5) is 5.17. The zero-order valence-electron chi connectivity index (χ0n) is 17.2. The topological polar surface area (TPSA) is 93.1 Å². The molecular formula is C24H22N4O2S. The third-order valence-corrected chi connectivity index (χ3v) is 5.20. The average Bonchev–Trinajstić information content (AvgIpc) is 2.79. The van der Waals surface area contributed by atoms with Gasteiger partial charge in [0.05, 0.1) is 23.7 Å². The molecule has 0 aliphatic heterocycles. The third-order valence-electron chi connectivity index (χ3n) is 4.67. The summed E-state index contributed by atoms with van der Waals surface area (Å²) in [5.74, 6) is 0.831. The highest BCUT2D eigenvalue weighted by molar-refractivity contribution is 7.94. The molecule has 0 saturated heterocycles. The standard InChI is InChI=1S/C24H22N4O2S/c1-15(2)30-18-10-7-16(8-11-18)21-12-9-17(14-26-21)27-28-22-13-23(31-29)19-5-3-4-6-20(19)24(22)25/h3-15,29H,25H2,1-2H3/b28-27+. The van der Waals surface area contributed by atoms with Gasteiger partial charge in [0.15, 0.2) is 0 Å². The van der Waals surface area contributed by atoms with Crippen LogP contribution in [0.4, 0.5) is 17.1 Å². The van der Waals surface area contributed by atoms with Crippen molar-refractivity contribution in [3.63, 3.8) is 0 Å². The van der Waals surface area contributed by atoms with Crippen LogP contribution in [0, 0.1) is 0 Å². The molecule has 0 aliphatic rings. The van der Waals surface area contributed by atoms with E-state index in [0.717, 1.165) is 27.8 Å². The van der Waals surface area contributed by atoms with Crippen molar-refractivity contribution in [3.8, 4) is 17.0 Å².